The predicted octanol–water partition coefficient (Wildman–Crippen LogP) is 2.44. The third-order valence-electron chi connectivity index (χ3n) is 2.25. The molecule has 0 aliphatic rings. The molecule has 0 aliphatic carbocycles. The van der Waals surface area contributed by atoms with Crippen molar-refractivity contribution in [3.63, 3.8) is 0 Å². The zero-order chi connectivity index (χ0) is 13.4. The zero-order valence-corrected chi connectivity index (χ0v) is 10.6. The second-order valence-corrected chi connectivity index (χ2v) is 3.71. The molecule has 0 radical (unpaired) electrons. The number of nitrogens with one attached hydrogen (secondary N) is 1. The third-order valence-corrected chi connectivity index (χ3v) is 2.25. The smallest absolute Gasteiger partial charge is 0.311 e. The Morgan fingerprint density at radius 2 is 2.17 bits per heavy atom. The van der Waals surface area contributed by atoms with Gasteiger partial charge in [-0.15, -0.1) is 0 Å². The number of nitro groups is 1. The number of anilines is 1. The van der Waals surface area contributed by atoms with Crippen LogP contribution in [0.15, 0.2) is 18.2 Å². The molecule has 6 nitrogen and oxygen atoms in total. The number of benzene rings is 1. The van der Waals surface area contributed by atoms with Crippen molar-refractivity contribution in [3.05, 3.63) is 28.3 Å². The van der Waals surface area contributed by atoms with Crippen LogP contribution in [0.1, 0.15) is 13.3 Å². The molecule has 6 heteroatoms. The van der Waals surface area contributed by atoms with E-state index < -0.39 is 4.92 Å². The molecule has 1 aromatic rings. The SMILES string of the molecule is CCCOc1cc(NCCOC)ccc1[N+](=O)[O-]. The number of rotatable bonds is 8. The molecular weight excluding hydrogens is 236 g/mol. The summed E-state index contributed by atoms with van der Waals surface area (Å²) in [6.07, 6.45) is 0.804. The fourth-order valence-electron chi connectivity index (χ4n) is 1.40. The molecule has 100 valence electrons. The van der Waals surface area contributed by atoms with Gasteiger partial charge in [-0.1, -0.05) is 6.92 Å². The Bertz CT molecular complexity index is 396. The molecule has 0 bridgehead atoms. The maximum absolute atomic E-state index is 10.8. The number of nitrogens with zero attached hydrogens (tertiary/aromatic N) is 1. The molecule has 0 saturated heterocycles. The Balaban J connectivity index is 2.80. The van der Waals surface area contributed by atoms with Crippen LogP contribution in [0.3, 0.4) is 0 Å². The van der Waals surface area contributed by atoms with Crippen LogP contribution in [0, 0.1) is 10.1 Å². The van der Waals surface area contributed by atoms with Crippen LogP contribution >= 0.6 is 0 Å². The molecular formula is C12H18N2O4. The van der Waals surface area contributed by atoms with Gasteiger partial charge in [0.15, 0.2) is 5.75 Å². The standard InChI is InChI=1S/C12H18N2O4/c1-3-7-18-12-9-10(13-6-8-17-2)4-5-11(12)14(15)16/h4-5,9,13H,3,6-8H2,1-2H3. The van der Waals surface area contributed by atoms with Crippen molar-refractivity contribution in [1.29, 1.82) is 0 Å². The molecule has 1 rings (SSSR count). The summed E-state index contributed by atoms with van der Waals surface area (Å²) < 4.78 is 10.3. The lowest BCUT2D eigenvalue weighted by Gasteiger charge is -2.09. The summed E-state index contributed by atoms with van der Waals surface area (Å²) in [6, 6.07) is 4.75. The fourth-order valence-corrected chi connectivity index (χ4v) is 1.40. The average Bonchev–Trinajstić information content (AvgIpc) is 2.36. The summed E-state index contributed by atoms with van der Waals surface area (Å²) in [5.74, 6) is 0.296. The van der Waals surface area contributed by atoms with Crippen molar-refractivity contribution < 1.29 is 14.4 Å². The van der Waals surface area contributed by atoms with Gasteiger partial charge in [-0.25, -0.2) is 0 Å². The maximum atomic E-state index is 10.8. The molecule has 0 amide bonds. The first kappa shape index (κ1) is 14.2. The lowest BCUT2D eigenvalue weighted by Crippen LogP contribution is -2.08. The van der Waals surface area contributed by atoms with Crippen LogP contribution in [0.25, 0.3) is 0 Å². The normalized spacial score (nSPS) is 10.1. The van der Waals surface area contributed by atoms with Crippen molar-refractivity contribution >= 4 is 11.4 Å². The Hall–Kier alpha value is -1.82. The quantitative estimate of drug-likeness (QED) is 0.438. The lowest BCUT2D eigenvalue weighted by atomic mass is 10.2. The van der Waals surface area contributed by atoms with Crippen molar-refractivity contribution in [3.8, 4) is 5.75 Å². The second-order valence-electron chi connectivity index (χ2n) is 3.71. The third kappa shape index (κ3) is 4.21. The molecule has 0 heterocycles. The van der Waals surface area contributed by atoms with E-state index in [2.05, 4.69) is 5.32 Å². The van der Waals surface area contributed by atoms with E-state index in [1.165, 1.54) is 6.07 Å². The number of nitro benzene ring substituents is 1. The second kappa shape index (κ2) is 7.50. The summed E-state index contributed by atoms with van der Waals surface area (Å²) in [6.45, 7) is 3.62. The zero-order valence-electron chi connectivity index (χ0n) is 10.6. The summed E-state index contributed by atoms with van der Waals surface area (Å²) in [5.41, 5.74) is 0.768. The molecule has 0 aromatic heterocycles. The average molecular weight is 254 g/mol. The number of hydrogen-bond donors (Lipinski definition) is 1. The Morgan fingerprint density at radius 1 is 1.39 bits per heavy atom. The van der Waals surface area contributed by atoms with Crippen LogP contribution in [0.5, 0.6) is 5.75 Å². The predicted molar refractivity (Wildman–Crippen MR) is 69.2 cm³/mol. The van der Waals surface area contributed by atoms with E-state index in [-0.39, 0.29) is 5.69 Å². The molecule has 18 heavy (non-hydrogen) atoms. The highest BCUT2D eigenvalue weighted by atomic mass is 16.6. The highest BCUT2D eigenvalue weighted by Crippen LogP contribution is 2.30. The number of hydrogen-bond acceptors (Lipinski definition) is 5. The first-order valence-electron chi connectivity index (χ1n) is 5.83. The van der Waals surface area contributed by atoms with Crippen LogP contribution in [-0.2, 0) is 4.74 Å². The Morgan fingerprint density at radius 3 is 2.78 bits per heavy atom. The summed E-state index contributed by atoms with van der Waals surface area (Å²) in [7, 11) is 1.62. The van der Waals surface area contributed by atoms with Crippen molar-refractivity contribution in [1.82, 2.24) is 0 Å². The van der Waals surface area contributed by atoms with Gasteiger partial charge < -0.3 is 14.8 Å². The van der Waals surface area contributed by atoms with E-state index in [1.54, 1.807) is 19.2 Å². The van der Waals surface area contributed by atoms with E-state index in [0.29, 0.717) is 25.5 Å². The van der Waals surface area contributed by atoms with Gasteiger partial charge in [0.2, 0.25) is 0 Å². The van der Waals surface area contributed by atoms with Crippen LogP contribution in [0.4, 0.5) is 11.4 Å². The summed E-state index contributed by atoms with van der Waals surface area (Å²) in [4.78, 5) is 10.4. The molecule has 0 aliphatic heterocycles. The largest absolute Gasteiger partial charge is 0.487 e. The van der Waals surface area contributed by atoms with Gasteiger partial charge in [0.1, 0.15) is 0 Å². The first-order chi connectivity index (χ1) is 8.69. The monoisotopic (exact) mass is 254 g/mol. The van der Waals surface area contributed by atoms with E-state index in [4.69, 9.17) is 9.47 Å². The van der Waals surface area contributed by atoms with Crippen molar-refractivity contribution in [2.75, 3.05) is 32.2 Å². The molecule has 0 unspecified atom stereocenters. The van der Waals surface area contributed by atoms with Gasteiger partial charge in [0, 0.05) is 31.5 Å². The highest BCUT2D eigenvalue weighted by molar-refractivity contribution is 5.57. The van der Waals surface area contributed by atoms with Crippen LogP contribution < -0.4 is 10.1 Å². The molecule has 0 spiro atoms. The molecule has 0 saturated carbocycles. The van der Waals surface area contributed by atoms with Crippen LogP contribution in [0.2, 0.25) is 0 Å². The molecule has 0 fully saturated rings. The molecule has 0 atom stereocenters. The Kier molecular flexibility index (Phi) is 5.93. The van der Waals surface area contributed by atoms with Gasteiger partial charge >= 0.3 is 5.69 Å². The maximum Gasteiger partial charge on any atom is 0.311 e. The molecule has 1 aromatic carbocycles. The van der Waals surface area contributed by atoms with Gasteiger partial charge in [-0.3, -0.25) is 10.1 Å². The van der Waals surface area contributed by atoms with E-state index >= 15 is 0 Å². The minimum atomic E-state index is -0.441. The highest BCUT2D eigenvalue weighted by Gasteiger charge is 2.15. The van der Waals surface area contributed by atoms with Gasteiger partial charge in [0.05, 0.1) is 18.1 Å². The van der Waals surface area contributed by atoms with E-state index in [9.17, 15) is 10.1 Å². The topological polar surface area (TPSA) is 73.6 Å². The van der Waals surface area contributed by atoms with Gasteiger partial charge in [-0.05, 0) is 12.5 Å². The lowest BCUT2D eigenvalue weighted by molar-refractivity contribution is -0.385. The van der Waals surface area contributed by atoms with Crippen molar-refractivity contribution in [2.24, 2.45) is 0 Å². The minimum absolute atomic E-state index is 0.0132. The van der Waals surface area contributed by atoms with E-state index in [1.807, 2.05) is 6.92 Å². The first-order valence-corrected chi connectivity index (χ1v) is 5.83. The Labute approximate surface area is 106 Å². The van der Waals surface area contributed by atoms with Crippen LogP contribution in [-0.4, -0.2) is 31.8 Å². The van der Waals surface area contributed by atoms with Crippen molar-refractivity contribution in [2.45, 2.75) is 13.3 Å². The minimum Gasteiger partial charge on any atom is -0.487 e. The van der Waals surface area contributed by atoms with Gasteiger partial charge in [0.25, 0.3) is 0 Å². The summed E-state index contributed by atoms with van der Waals surface area (Å²) in [5, 5.41) is 13.9. The fraction of sp³-hybridized carbons (Fsp3) is 0.500. The van der Waals surface area contributed by atoms with Gasteiger partial charge in [-0.2, -0.15) is 0 Å². The number of ether oxygens (including phenoxy) is 2. The molecule has 1 N–H and O–H groups in total. The number of methoxy groups -OCH3 is 1. The van der Waals surface area contributed by atoms with E-state index in [0.717, 1.165) is 12.1 Å². The summed E-state index contributed by atoms with van der Waals surface area (Å²) >= 11 is 0.